The molecule has 1 unspecified atom stereocenters. The van der Waals surface area contributed by atoms with Gasteiger partial charge in [0.1, 0.15) is 6.10 Å². The number of rotatable bonds is 17. The first-order valence-electron chi connectivity index (χ1n) is 13.5. The molecule has 0 saturated heterocycles. The van der Waals surface area contributed by atoms with E-state index < -0.39 is 23.4 Å². The summed E-state index contributed by atoms with van der Waals surface area (Å²) < 4.78 is 0. The molecule has 1 aromatic rings. The van der Waals surface area contributed by atoms with Gasteiger partial charge >= 0.3 is 0 Å². The van der Waals surface area contributed by atoms with Crippen LogP contribution in [-0.2, 0) is 16.1 Å². The monoisotopic (exact) mass is 515 g/mol. The number of amides is 1. The van der Waals surface area contributed by atoms with Crippen molar-refractivity contribution in [2.24, 2.45) is 17.8 Å². The number of allylic oxidation sites excluding steroid dienone is 2. The summed E-state index contributed by atoms with van der Waals surface area (Å²) in [5.74, 6) is -0.591. The van der Waals surface area contributed by atoms with Gasteiger partial charge in [-0.05, 0) is 56.9 Å². The minimum absolute atomic E-state index is 0.0514. The van der Waals surface area contributed by atoms with E-state index in [1.54, 1.807) is 0 Å². The molecule has 8 nitrogen and oxygen atoms in total. The maximum atomic E-state index is 11.6. The van der Waals surface area contributed by atoms with Gasteiger partial charge in [0.05, 0.1) is 12.2 Å². The molecule has 6 atom stereocenters. The Morgan fingerprint density at radius 2 is 2.00 bits per heavy atom. The summed E-state index contributed by atoms with van der Waals surface area (Å²) in [6.45, 7) is 6.38. The molecule has 1 amide bonds. The Kier molecular flexibility index (Phi) is 14.0. The third kappa shape index (κ3) is 11.1. The SMILES string of the molecule is [CH2]CCC(O[N+](=O)[O-])[C@@H](/C=C/[C@@H]1[C@@H](C/C=C\CCCC(=O)NCC)[C@@H](O)C[C@@H]1O)CCc1ccccc1. The van der Waals surface area contributed by atoms with Gasteiger partial charge in [-0.25, -0.2) is 0 Å². The van der Waals surface area contributed by atoms with Gasteiger partial charge in [0.2, 0.25) is 5.91 Å². The number of aliphatic hydroxyl groups is 2. The van der Waals surface area contributed by atoms with E-state index in [9.17, 15) is 25.1 Å². The molecule has 3 N–H and O–H groups in total. The lowest BCUT2D eigenvalue weighted by molar-refractivity contribution is -0.770. The van der Waals surface area contributed by atoms with Crippen LogP contribution in [0.5, 0.6) is 0 Å². The van der Waals surface area contributed by atoms with Crippen LogP contribution < -0.4 is 5.32 Å². The van der Waals surface area contributed by atoms with Crippen molar-refractivity contribution < 1.29 is 24.9 Å². The van der Waals surface area contributed by atoms with Crippen LogP contribution in [0.2, 0.25) is 0 Å². The number of aliphatic hydroxyl groups excluding tert-OH is 2. The van der Waals surface area contributed by atoms with Gasteiger partial charge in [-0.2, -0.15) is 0 Å². The summed E-state index contributed by atoms with van der Waals surface area (Å²) in [5, 5.41) is 34.5. The van der Waals surface area contributed by atoms with Crippen molar-refractivity contribution in [1.29, 1.82) is 0 Å². The summed E-state index contributed by atoms with van der Waals surface area (Å²) in [6.07, 6.45) is 11.2. The largest absolute Gasteiger partial charge is 0.393 e. The number of carbonyl (C=O) groups is 1. The van der Waals surface area contributed by atoms with Crippen molar-refractivity contribution >= 4 is 5.91 Å². The molecule has 37 heavy (non-hydrogen) atoms. The number of unbranched alkanes of at least 4 members (excludes halogenated alkanes) is 1. The van der Waals surface area contributed by atoms with Gasteiger partial charge in [0.25, 0.3) is 5.09 Å². The smallest absolute Gasteiger partial charge is 0.294 e. The maximum absolute atomic E-state index is 11.6. The van der Waals surface area contributed by atoms with Crippen LogP contribution in [0.15, 0.2) is 54.6 Å². The van der Waals surface area contributed by atoms with E-state index in [2.05, 4.69) is 12.2 Å². The fourth-order valence-corrected chi connectivity index (χ4v) is 5.06. The first-order valence-corrected chi connectivity index (χ1v) is 13.5. The second kappa shape index (κ2) is 16.9. The van der Waals surface area contributed by atoms with E-state index in [-0.39, 0.29) is 23.7 Å². The van der Waals surface area contributed by atoms with Crippen LogP contribution in [0.25, 0.3) is 0 Å². The first-order chi connectivity index (χ1) is 17.8. The van der Waals surface area contributed by atoms with Gasteiger partial charge < -0.3 is 20.4 Å². The van der Waals surface area contributed by atoms with E-state index in [1.165, 1.54) is 0 Å². The lowest BCUT2D eigenvalue weighted by atomic mass is 9.86. The van der Waals surface area contributed by atoms with E-state index in [0.717, 1.165) is 24.8 Å². The Hall–Kier alpha value is -2.71. The van der Waals surface area contributed by atoms with Crippen LogP contribution in [0, 0.1) is 34.8 Å². The summed E-state index contributed by atoms with van der Waals surface area (Å²) in [7, 11) is 0. The Morgan fingerprint density at radius 1 is 1.24 bits per heavy atom. The number of aryl methyl sites for hydroxylation is 1. The van der Waals surface area contributed by atoms with Crippen LogP contribution in [-0.4, -0.2) is 46.1 Å². The summed E-state index contributed by atoms with van der Waals surface area (Å²) >= 11 is 0. The predicted octanol–water partition coefficient (Wildman–Crippen LogP) is 4.59. The van der Waals surface area contributed by atoms with Crippen molar-refractivity contribution in [3.05, 3.63) is 77.2 Å². The number of nitrogens with zero attached hydrogens (tertiary/aromatic N) is 1. The zero-order valence-corrected chi connectivity index (χ0v) is 21.9. The molecule has 0 aromatic heterocycles. The van der Waals surface area contributed by atoms with Crippen molar-refractivity contribution in [2.45, 2.75) is 83.0 Å². The minimum Gasteiger partial charge on any atom is -0.393 e. The maximum Gasteiger partial charge on any atom is 0.294 e. The third-order valence-electron chi connectivity index (χ3n) is 7.02. The van der Waals surface area contributed by atoms with Gasteiger partial charge in [-0.3, -0.25) is 4.79 Å². The highest BCUT2D eigenvalue weighted by atomic mass is 17.0. The highest BCUT2D eigenvalue weighted by Gasteiger charge is 2.39. The van der Waals surface area contributed by atoms with Gasteiger partial charge in [-0.1, -0.05) is 68.0 Å². The van der Waals surface area contributed by atoms with E-state index in [4.69, 9.17) is 4.84 Å². The molecule has 1 aliphatic carbocycles. The molecule has 0 spiro atoms. The van der Waals surface area contributed by atoms with Crippen LogP contribution >= 0.6 is 0 Å². The fourth-order valence-electron chi connectivity index (χ4n) is 5.06. The molecule has 0 aliphatic heterocycles. The molecule has 205 valence electrons. The molecule has 8 heteroatoms. The highest BCUT2D eigenvalue weighted by Crippen LogP contribution is 2.37. The number of nitrogens with one attached hydrogen (secondary N) is 1. The third-order valence-corrected chi connectivity index (χ3v) is 7.02. The van der Waals surface area contributed by atoms with Gasteiger partial charge in [0, 0.05) is 31.2 Å². The first kappa shape index (κ1) is 30.5. The zero-order valence-electron chi connectivity index (χ0n) is 21.9. The highest BCUT2D eigenvalue weighted by molar-refractivity contribution is 5.75. The van der Waals surface area contributed by atoms with Crippen LogP contribution in [0.4, 0.5) is 0 Å². The molecular formula is C29H43N2O6. The Morgan fingerprint density at radius 3 is 2.68 bits per heavy atom. The van der Waals surface area contributed by atoms with E-state index >= 15 is 0 Å². The van der Waals surface area contributed by atoms with Crippen LogP contribution in [0.3, 0.4) is 0 Å². The summed E-state index contributed by atoms with van der Waals surface area (Å²) in [6, 6.07) is 9.94. The Balaban J connectivity index is 2.06. The molecular weight excluding hydrogens is 472 g/mol. The number of carbonyl (C=O) groups excluding carboxylic acids is 1. The van der Waals surface area contributed by atoms with Crippen molar-refractivity contribution in [3.63, 3.8) is 0 Å². The molecule has 1 saturated carbocycles. The molecule has 1 radical (unpaired) electrons. The average molecular weight is 516 g/mol. The Bertz CT molecular complexity index is 859. The molecule has 0 heterocycles. The second-order valence-electron chi connectivity index (χ2n) is 9.75. The normalized spacial score (nSPS) is 23.4. The van der Waals surface area contributed by atoms with Crippen LogP contribution in [0.1, 0.15) is 63.9 Å². The van der Waals surface area contributed by atoms with E-state index in [1.807, 2.05) is 61.6 Å². The van der Waals surface area contributed by atoms with Gasteiger partial charge in [0.15, 0.2) is 0 Å². The van der Waals surface area contributed by atoms with Crippen molar-refractivity contribution in [2.75, 3.05) is 6.54 Å². The number of hydrogen-bond donors (Lipinski definition) is 3. The summed E-state index contributed by atoms with van der Waals surface area (Å²) in [5.41, 5.74) is 1.14. The standard InChI is InChI=1S/C29H43N2O6/c1-3-12-28(37-31(35)36)23(18-17-22-13-8-7-9-14-22)19-20-25-24(26(32)21-27(25)33)15-10-5-6-11-16-29(34)30-4-2/h5,7-10,13-14,19-20,23-28,32-33H,1,3-4,6,11-12,15-18,21H2,2H3,(H,30,34)/b10-5-,20-19+/t23-,24-,25-,26+,27+,28?/m1/s1. The van der Waals surface area contributed by atoms with Crippen molar-refractivity contribution in [1.82, 2.24) is 5.32 Å². The lowest BCUT2D eigenvalue weighted by Crippen LogP contribution is -2.27. The number of benzene rings is 1. The Labute approximate surface area is 220 Å². The zero-order chi connectivity index (χ0) is 27.0. The minimum atomic E-state index is -0.739. The number of hydrogen-bond acceptors (Lipinski definition) is 6. The molecule has 0 bridgehead atoms. The molecule has 1 fully saturated rings. The molecule has 1 aliphatic rings. The van der Waals surface area contributed by atoms with Gasteiger partial charge in [-0.15, -0.1) is 10.1 Å². The predicted molar refractivity (Wildman–Crippen MR) is 144 cm³/mol. The quantitative estimate of drug-likeness (QED) is 0.121. The molecule has 2 rings (SSSR count). The lowest BCUT2D eigenvalue weighted by Gasteiger charge is -2.24. The summed E-state index contributed by atoms with van der Waals surface area (Å²) in [4.78, 5) is 27.8. The fraction of sp³-hybridized carbons (Fsp3) is 0.586. The average Bonchev–Trinajstić information content (AvgIpc) is 3.13. The molecule has 1 aromatic carbocycles. The topological polar surface area (TPSA) is 122 Å². The van der Waals surface area contributed by atoms with E-state index in [0.29, 0.717) is 45.1 Å². The van der Waals surface area contributed by atoms with Crippen molar-refractivity contribution in [3.8, 4) is 0 Å². The second-order valence-corrected chi connectivity index (χ2v) is 9.75.